The van der Waals surface area contributed by atoms with Crippen LogP contribution >= 0.6 is 0 Å². The molecule has 0 saturated heterocycles. The average Bonchev–Trinajstić information content (AvgIpc) is 3.80. The maximum atomic E-state index is 11.7. The summed E-state index contributed by atoms with van der Waals surface area (Å²) < 4.78 is 0. The van der Waals surface area contributed by atoms with Gasteiger partial charge in [-0.2, -0.15) is 0 Å². The minimum Gasteiger partial charge on any atom is -0.269 e. The first kappa shape index (κ1) is 30.2. The molecule has 230 valence electrons. The number of hydrogen-bond acceptors (Lipinski definition) is 8. The molecule has 0 spiro atoms. The summed E-state index contributed by atoms with van der Waals surface area (Å²) in [5.74, 6) is -3.05. The summed E-state index contributed by atoms with van der Waals surface area (Å²) >= 11 is 0. The topological polar surface area (TPSA) is 150 Å². The molecular weight excluding hydrogens is 604 g/mol. The molecule has 0 aliphatic carbocycles. The highest BCUT2D eigenvalue weighted by Gasteiger charge is 2.28. The fourth-order valence-electron chi connectivity index (χ4n) is 5.13. The van der Waals surface area contributed by atoms with E-state index in [1.54, 1.807) is 24.3 Å². The first-order valence-corrected chi connectivity index (χ1v) is 14.1. The van der Waals surface area contributed by atoms with Crippen LogP contribution < -0.4 is 19.6 Å². The summed E-state index contributed by atoms with van der Waals surface area (Å²) in [6.07, 6.45) is 10.4. The Balaban J connectivity index is 0.000000172. The highest BCUT2D eigenvalue weighted by molar-refractivity contribution is 6.30. The van der Waals surface area contributed by atoms with Crippen LogP contribution in [0.15, 0.2) is 121 Å². The Kier molecular flexibility index (Phi) is 7.90. The van der Waals surface area contributed by atoms with Gasteiger partial charge in [-0.25, -0.2) is 19.6 Å². The van der Waals surface area contributed by atoms with E-state index in [2.05, 4.69) is 0 Å². The Labute approximate surface area is 266 Å². The van der Waals surface area contributed by atoms with E-state index in [4.69, 9.17) is 0 Å². The lowest BCUT2D eigenvalue weighted by molar-refractivity contribution is -0.121. The number of amides is 8. The fraction of sp³-hybridized carbons (Fsp3) is 0.0286. The monoisotopic (exact) mass is 626 g/mol. The molecule has 0 N–H and O–H groups in total. The molecule has 0 atom stereocenters. The van der Waals surface area contributed by atoms with Gasteiger partial charge in [0.1, 0.15) is 0 Å². The molecule has 47 heavy (non-hydrogen) atoms. The summed E-state index contributed by atoms with van der Waals surface area (Å²) in [5.41, 5.74) is 3.86. The lowest BCUT2D eigenvalue weighted by Gasteiger charge is -2.17. The molecule has 7 rings (SSSR count). The van der Waals surface area contributed by atoms with Crippen molar-refractivity contribution in [2.24, 2.45) is 0 Å². The SMILES string of the molecule is O=C1C=CC(=O)N1c1ccc(Cc2ccc(N3C(=O)C=CC3=O)cc2)cc1.O=C1C=CC(=O)N1c1ccc(N2C(=O)C=CC2=O)cc1. The Morgan fingerprint density at radius 2 is 0.447 bits per heavy atom. The van der Waals surface area contributed by atoms with Gasteiger partial charge in [-0.15, -0.1) is 0 Å². The van der Waals surface area contributed by atoms with Crippen molar-refractivity contribution in [2.75, 3.05) is 19.6 Å². The normalized spacial score (nSPS) is 16.9. The first-order valence-electron chi connectivity index (χ1n) is 14.1. The molecule has 4 aliphatic heterocycles. The fourth-order valence-corrected chi connectivity index (χ4v) is 5.13. The second-order valence-corrected chi connectivity index (χ2v) is 10.4. The van der Waals surface area contributed by atoms with E-state index in [-0.39, 0.29) is 23.6 Å². The third kappa shape index (κ3) is 5.98. The molecule has 12 nitrogen and oxygen atoms in total. The largest absolute Gasteiger partial charge is 0.269 e. The van der Waals surface area contributed by atoms with Crippen LogP contribution in [0.1, 0.15) is 11.1 Å². The van der Waals surface area contributed by atoms with Gasteiger partial charge in [0.15, 0.2) is 0 Å². The number of carbonyl (C=O) groups excluding carboxylic acids is 8. The van der Waals surface area contributed by atoms with E-state index >= 15 is 0 Å². The average molecular weight is 627 g/mol. The predicted octanol–water partition coefficient (Wildman–Crippen LogP) is 2.68. The van der Waals surface area contributed by atoms with Gasteiger partial charge in [0.2, 0.25) is 0 Å². The van der Waals surface area contributed by atoms with Gasteiger partial charge in [-0.1, -0.05) is 24.3 Å². The zero-order valence-corrected chi connectivity index (χ0v) is 24.3. The quantitative estimate of drug-likeness (QED) is 0.379. The molecule has 3 aromatic carbocycles. The van der Waals surface area contributed by atoms with Crippen LogP contribution in [-0.2, 0) is 44.8 Å². The van der Waals surface area contributed by atoms with E-state index in [1.807, 2.05) is 24.3 Å². The van der Waals surface area contributed by atoms with Crippen molar-refractivity contribution in [2.45, 2.75) is 6.42 Å². The lowest BCUT2D eigenvalue weighted by Crippen LogP contribution is -2.31. The summed E-state index contributed by atoms with van der Waals surface area (Å²) in [7, 11) is 0. The standard InChI is InChI=1S/C21H14N2O4.C14H8N2O4/c24-18-9-10-19(25)22(18)16-5-1-14(2-6-16)13-15-3-7-17(8-4-15)23-20(26)11-12-21(23)27;17-11-5-6-12(18)15(11)9-1-2-10(4-3-9)16-13(19)7-8-14(16)20/h1-12H,13H2;1-8H. The molecule has 0 saturated carbocycles. The molecule has 4 aliphatic rings. The Bertz CT molecular complexity index is 1790. The number of imide groups is 4. The van der Waals surface area contributed by atoms with E-state index < -0.39 is 23.6 Å². The number of nitrogens with zero attached hydrogens (tertiary/aromatic N) is 4. The molecule has 4 heterocycles. The molecule has 0 bridgehead atoms. The van der Waals surface area contributed by atoms with Gasteiger partial charge in [-0.3, -0.25) is 38.4 Å². The highest BCUT2D eigenvalue weighted by atomic mass is 16.2. The van der Waals surface area contributed by atoms with E-state index in [0.29, 0.717) is 29.2 Å². The third-order valence-electron chi connectivity index (χ3n) is 7.40. The summed E-state index contributed by atoms with van der Waals surface area (Å²) in [4.78, 5) is 97.2. The molecule has 0 aromatic heterocycles. The first-order chi connectivity index (χ1) is 22.6. The van der Waals surface area contributed by atoms with Crippen molar-refractivity contribution in [3.05, 3.63) is 133 Å². The van der Waals surface area contributed by atoms with Gasteiger partial charge in [-0.05, 0) is 66.1 Å². The Morgan fingerprint density at radius 1 is 0.277 bits per heavy atom. The van der Waals surface area contributed by atoms with Crippen LogP contribution in [0.3, 0.4) is 0 Å². The number of rotatable bonds is 6. The molecule has 0 fully saturated rings. The van der Waals surface area contributed by atoms with Crippen LogP contribution in [0.25, 0.3) is 0 Å². The maximum Gasteiger partial charge on any atom is 0.258 e. The molecule has 0 unspecified atom stereocenters. The molecule has 3 aromatic rings. The van der Waals surface area contributed by atoms with Gasteiger partial charge >= 0.3 is 0 Å². The van der Waals surface area contributed by atoms with Crippen molar-refractivity contribution in [1.82, 2.24) is 0 Å². The molecule has 12 heteroatoms. The second kappa shape index (κ2) is 12.3. The molecule has 0 radical (unpaired) electrons. The van der Waals surface area contributed by atoms with Gasteiger partial charge < -0.3 is 0 Å². The Morgan fingerprint density at radius 3 is 0.638 bits per heavy atom. The summed E-state index contributed by atoms with van der Waals surface area (Å²) in [6.45, 7) is 0. The predicted molar refractivity (Wildman–Crippen MR) is 169 cm³/mol. The maximum absolute atomic E-state index is 11.7. The number of benzene rings is 3. The zero-order chi connectivity index (χ0) is 33.2. The van der Waals surface area contributed by atoms with Crippen molar-refractivity contribution >= 4 is 70.0 Å². The van der Waals surface area contributed by atoms with Crippen LogP contribution in [0, 0.1) is 0 Å². The minimum atomic E-state index is -0.419. The van der Waals surface area contributed by atoms with Crippen molar-refractivity contribution in [1.29, 1.82) is 0 Å². The van der Waals surface area contributed by atoms with Crippen molar-refractivity contribution < 1.29 is 38.4 Å². The summed E-state index contributed by atoms with van der Waals surface area (Å²) in [6, 6.07) is 20.4. The zero-order valence-electron chi connectivity index (χ0n) is 24.3. The van der Waals surface area contributed by atoms with Crippen LogP contribution in [0.2, 0.25) is 0 Å². The minimum absolute atomic E-state index is 0.344. The van der Waals surface area contributed by atoms with Gasteiger partial charge in [0, 0.05) is 48.6 Å². The van der Waals surface area contributed by atoms with Crippen molar-refractivity contribution in [3.8, 4) is 0 Å². The highest BCUT2D eigenvalue weighted by Crippen LogP contribution is 2.26. The Hall–Kier alpha value is -6.82. The van der Waals surface area contributed by atoms with Gasteiger partial charge in [0.05, 0.1) is 22.7 Å². The van der Waals surface area contributed by atoms with Gasteiger partial charge in [0.25, 0.3) is 47.3 Å². The number of carbonyl (C=O) groups is 8. The molecular formula is C35H22N4O8. The van der Waals surface area contributed by atoms with E-state index in [0.717, 1.165) is 30.7 Å². The van der Waals surface area contributed by atoms with E-state index in [1.165, 1.54) is 72.9 Å². The van der Waals surface area contributed by atoms with Crippen LogP contribution in [-0.4, -0.2) is 47.3 Å². The van der Waals surface area contributed by atoms with E-state index in [9.17, 15) is 38.4 Å². The molecule has 8 amide bonds. The number of hydrogen-bond donors (Lipinski definition) is 0. The second-order valence-electron chi connectivity index (χ2n) is 10.4. The smallest absolute Gasteiger partial charge is 0.258 e. The van der Waals surface area contributed by atoms with Crippen molar-refractivity contribution in [3.63, 3.8) is 0 Å². The third-order valence-corrected chi connectivity index (χ3v) is 7.40. The lowest BCUT2D eigenvalue weighted by atomic mass is 10.0. The summed E-state index contributed by atoms with van der Waals surface area (Å²) in [5, 5.41) is 0. The number of anilines is 4. The van der Waals surface area contributed by atoms with Crippen LogP contribution in [0.5, 0.6) is 0 Å². The van der Waals surface area contributed by atoms with Crippen LogP contribution in [0.4, 0.5) is 22.7 Å².